The van der Waals surface area contributed by atoms with Crippen LogP contribution in [0.5, 0.6) is 0 Å². The van der Waals surface area contributed by atoms with Crippen LogP contribution >= 0.6 is 0 Å². The van der Waals surface area contributed by atoms with E-state index in [0.29, 0.717) is 16.7 Å². The van der Waals surface area contributed by atoms with Gasteiger partial charge in [0.2, 0.25) is 5.95 Å². The van der Waals surface area contributed by atoms with Gasteiger partial charge in [0.05, 0.1) is 89.7 Å². The maximum absolute atomic E-state index is 13.9. The van der Waals surface area contributed by atoms with Crippen LogP contribution in [0.2, 0.25) is 15.6 Å². The molecule has 1 saturated heterocycles. The number of aromatic nitrogens is 3. The molecule has 4 rings (SSSR count). The minimum atomic E-state index is -4.90. The third-order valence-corrected chi connectivity index (χ3v) is 6.76. The summed E-state index contributed by atoms with van der Waals surface area (Å²) in [5.74, 6) is -0.699. The number of rotatable bonds is 4. The van der Waals surface area contributed by atoms with Crippen LogP contribution in [-0.2, 0) is 6.18 Å². The summed E-state index contributed by atoms with van der Waals surface area (Å²) in [5, 5.41) is -6.25. The molecule has 0 amide bonds. The van der Waals surface area contributed by atoms with Crippen molar-refractivity contribution in [2.24, 2.45) is 0 Å². The van der Waals surface area contributed by atoms with E-state index >= 15 is 0 Å². The number of anilines is 3. The molecule has 1 aliphatic rings. The summed E-state index contributed by atoms with van der Waals surface area (Å²) < 4.78 is 56.6. The predicted octanol–water partition coefficient (Wildman–Crippen LogP) is 0.330. The molecular formula is C20H9B10F4N5. The van der Waals surface area contributed by atoms with E-state index in [4.69, 9.17) is 78.5 Å². The number of benzene rings is 2. The molecule has 2 heterocycles. The first kappa shape index (κ1) is 29.5. The molecule has 1 aliphatic heterocycles. The van der Waals surface area contributed by atoms with Crippen LogP contribution in [0.25, 0.3) is 5.69 Å². The molecule has 172 valence electrons. The van der Waals surface area contributed by atoms with Crippen molar-refractivity contribution in [2.75, 3.05) is 10.2 Å². The largest absolute Gasteiger partial charge is 0.416 e. The van der Waals surface area contributed by atoms with Crippen molar-refractivity contribution in [1.82, 2.24) is 14.8 Å². The number of hydrogen-bond donors (Lipinski definition) is 1. The van der Waals surface area contributed by atoms with E-state index in [9.17, 15) is 17.6 Å². The van der Waals surface area contributed by atoms with Gasteiger partial charge in [-0.05, 0) is 47.1 Å². The Morgan fingerprint density at radius 2 is 1.33 bits per heavy atom. The monoisotopic (exact) mass is 505 g/mol. The Kier molecular flexibility index (Phi) is 6.84. The predicted molar refractivity (Wildman–Crippen MR) is 150 cm³/mol. The lowest BCUT2D eigenvalue weighted by atomic mass is 9.05. The first-order valence-electron chi connectivity index (χ1n) is 11.0. The first-order chi connectivity index (χ1) is 17.6. The second kappa shape index (κ2) is 9.03. The lowest BCUT2D eigenvalue weighted by Gasteiger charge is -2.79. The van der Waals surface area contributed by atoms with E-state index < -0.39 is 49.6 Å². The van der Waals surface area contributed by atoms with Crippen molar-refractivity contribution in [3.8, 4) is 5.69 Å². The molecule has 3 aromatic rings. The normalized spacial score (nSPS) is 20.8. The number of piperidine rings is 1. The molecule has 1 fully saturated rings. The Morgan fingerprint density at radius 3 is 1.87 bits per heavy atom. The van der Waals surface area contributed by atoms with Crippen LogP contribution in [0.4, 0.5) is 34.9 Å². The first-order valence-corrected chi connectivity index (χ1v) is 11.0. The van der Waals surface area contributed by atoms with Crippen LogP contribution < -0.4 is 10.2 Å². The average molecular weight is 503 g/mol. The van der Waals surface area contributed by atoms with Gasteiger partial charge in [0.15, 0.2) is 0 Å². The number of halogens is 4. The topological polar surface area (TPSA) is 46.0 Å². The van der Waals surface area contributed by atoms with Gasteiger partial charge in [0.1, 0.15) is 12.1 Å². The van der Waals surface area contributed by atoms with Crippen LogP contribution in [0.3, 0.4) is 0 Å². The molecule has 1 N–H and O–H groups in total. The molecule has 2 aromatic carbocycles. The fourth-order valence-electron chi connectivity index (χ4n) is 4.28. The number of hydrogen-bond acceptors (Lipinski definition) is 4. The quantitative estimate of drug-likeness (QED) is 0.412. The van der Waals surface area contributed by atoms with Crippen molar-refractivity contribution in [1.29, 1.82) is 0 Å². The third kappa shape index (κ3) is 4.48. The molecule has 0 saturated carbocycles. The summed E-state index contributed by atoms with van der Waals surface area (Å²) in [6.45, 7) is 0. The maximum atomic E-state index is 13.9. The minimum Gasteiger partial charge on any atom is -0.397 e. The van der Waals surface area contributed by atoms with Crippen LogP contribution in [-0.4, -0.2) is 104 Å². The fourth-order valence-corrected chi connectivity index (χ4v) is 4.28. The molecular weight excluding hydrogens is 494 g/mol. The molecule has 0 spiro atoms. The van der Waals surface area contributed by atoms with Crippen molar-refractivity contribution in [3.05, 3.63) is 60.2 Å². The molecule has 39 heavy (non-hydrogen) atoms. The van der Waals surface area contributed by atoms with E-state index in [-0.39, 0.29) is 11.6 Å². The standard InChI is InChI=1S/C20H9B10F4N5/c21-16(22)17(23,24)19(27,28)39(20(29,30)18(16,25)26)13-5-9(15(32,33)34)4-11(7-13)36-14-35-8-38(37-14)12-3-1-2-10(31)6-12/h1-8H,(H,36,37). The minimum absolute atomic E-state index is 0.163. The second-order valence-electron chi connectivity index (χ2n) is 9.48. The summed E-state index contributed by atoms with van der Waals surface area (Å²) in [6.07, 6.45) is -3.69. The highest BCUT2D eigenvalue weighted by Crippen LogP contribution is 2.69. The smallest absolute Gasteiger partial charge is 0.397 e. The lowest BCUT2D eigenvalue weighted by molar-refractivity contribution is -0.137. The van der Waals surface area contributed by atoms with Gasteiger partial charge >= 0.3 is 6.18 Å². The number of nitrogens with one attached hydrogen (secondary N) is 1. The van der Waals surface area contributed by atoms with Crippen LogP contribution in [0.15, 0.2) is 48.8 Å². The lowest BCUT2D eigenvalue weighted by Crippen LogP contribution is -2.81. The number of alkyl halides is 3. The molecule has 19 heteroatoms. The van der Waals surface area contributed by atoms with E-state index in [0.717, 1.165) is 12.1 Å². The zero-order valence-corrected chi connectivity index (χ0v) is 20.2. The SMILES string of the molecule is [B]C1([B])N(c2cc(Nc3ncn(-c4cccc(F)c4)n3)cc(C(F)(F)F)c2)C([B])([B])C([B])([B])C([B])([B])C1([B])[B]. The van der Waals surface area contributed by atoms with Gasteiger partial charge in [-0.25, -0.2) is 9.07 Å². The van der Waals surface area contributed by atoms with Gasteiger partial charge in [0.25, 0.3) is 0 Å². The molecule has 20 radical (unpaired) electrons. The Morgan fingerprint density at radius 1 is 0.744 bits per heavy atom. The van der Waals surface area contributed by atoms with E-state index in [1.807, 2.05) is 0 Å². The number of nitrogens with zero attached hydrogens (tertiary/aromatic N) is 4. The van der Waals surface area contributed by atoms with Gasteiger partial charge in [0, 0.05) is 11.4 Å². The molecule has 1 aromatic heterocycles. The van der Waals surface area contributed by atoms with Gasteiger partial charge in [-0.3, -0.25) is 0 Å². The van der Waals surface area contributed by atoms with Crippen molar-refractivity contribution >= 4 is 95.8 Å². The highest BCUT2D eigenvalue weighted by molar-refractivity contribution is 6.71. The molecule has 0 unspecified atom stereocenters. The Hall–Kier alpha value is -2.45. The summed E-state index contributed by atoms with van der Waals surface area (Å²) >= 11 is 0. The second-order valence-corrected chi connectivity index (χ2v) is 9.48. The van der Waals surface area contributed by atoms with Gasteiger partial charge in [-0.2, -0.15) is 18.2 Å². The van der Waals surface area contributed by atoms with E-state index in [1.54, 1.807) is 0 Å². The average Bonchev–Trinajstić information content (AvgIpc) is 3.25. The highest BCUT2D eigenvalue weighted by atomic mass is 19.4. The molecule has 0 aliphatic carbocycles. The summed E-state index contributed by atoms with van der Waals surface area (Å²) in [7, 11) is 61.2. The van der Waals surface area contributed by atoms with Gasteiger partial charge < -0.3 is 10.2 Å². The molecule has 0 atom stereocenters. The van der Waals surface area contributed by atoms with E-state index in [1.165, 1.54) is 35.3 Å². The molecule has 0 bridgehead atoms. The van der Waals surface area contributed by atoms with Crippen molar-refractivity contribution < 1.29 is 17.6 Å². The Bertz CT molecular complexity index is 1380. The zero-order chi connectivity index (χ0) is 29.4. The van der Waals surface area contributed by atoms with Gasteiger partial charge in [-0.1, -0.05) is 6.07 Å². The Labute approximate surface area is 236 Å². The Balaban J connectivity index is 1.84. The fraction of sp³-hybridized carbons (Fsp3) is 0.300. The van der Waals surface area contributed by atoms with Crippen molar-refractivity contribution in [3.63, 3.8) is 0 Å². The van der Waals surface area contributed by atoms with Crippen LogP contribution in [0, 0.1) is 5.82 Å². The molecule has 5 nitrogen and oxygen atoms in total. The zero-order valence-electron chi connectivity index (χ0n) is 20.2. The summed E-state index contributed by atoms with van der Waals surface area (Å²) in [4.78, 5) is 4.59. The highest BCUT2D eigenvalue weighted by Gasteiger charge is 2.64. The van der Waals surface area contributed by atoms with Crippen LogP contribution in [0.1, 0.15) is 5.56 Å². The third-order valence-electron chi connectivity index (χ3n) is 6.76. The van der Waals surface area contributed by atoms with Gasteiger partial charge in [-0.15, -0.1) is 20.7 Å². The van der Waals surface area contributed by atoms with Crippen molar-refractivity contribution in [2.45, 2.75) is 32.5 Å². The maximum Gasteiger partial charge on any atom is 0.416 e. The summed E-state index contributed by atoms with van der Waals surface area (Å²) in [6, 6.07) is 7.82. The summed E-state index contributed by atoms with van der Waals surface area (Å²) in [5.41, 5.74) is -1.62. The van der Waals surface area contributed by atoms with E-state index in [2.05, 4.69) is 15.4 Å².